The van der Waals surface area contributed by atoms with E-state index in [1.807, 2.05) is 53.4 Å². The van der Waals surface area contributed by atoms with E-state index in [4.69, 9.17) is 11.6 Å². The molecule has 0 bridgehead atoms. The number of nitrogens with one attached hydrogen (secondary N) is 1. The molecule has 0 saturated heterocycles. The second-order valence-electron chi connectivity index (χ2n) is 6.41. The molecule has 0 amide bonds. The highest BCUT2D eigenvalue weighted by atomic mass is 35.5. The van der Waals surface area contributed by atoms with Crippen molar-refractivity contribution >= 4 is 39.0 Å². The first kappa shape index (κ1) is 17.8. The van der Waals surface area contributed by atoms with Crippen molar-refractivity contribution < 1.29 is 0 Å². The normalized spacial score (nSPS) is 11.1. The van der Waals surface area contributed by atoms with Crippen molar-refractivity contribution in [3.63, 3.8) is 0 Å². The van der Waals surface area contributed by atoms with Gasteiger partial charge in [-0.15, -0.1) is 11.3 Å². The van der Waals surface area contributed by atoms with Crippen LogP contribution in [0.1, 0.15) is 5.56 Å². The topological polar surface area (TPSA) is 68.5 Å². The molecule has 0 saturated carbocycles. The Morgan fingerprint density at radius 3 is 2.69 bits per heavy atom. The SMILES string of the molecule is Clc1ccc(-c2csc3ncnc(NCc4ccc(-n5ccnc5)nc4)c23)cc1. The van der Waals surface area contributed by atoms with E-state index in [1.54, 1.807) is 30.2 Å². The Kier molecular flexibility index (Phi) is 4.67. The first-order valence-electron chi connectivity index (χ1n) is 8.93. The number of fused-ring (bicyclic) bond motifs is 1. The van der Waals surface area contributed by atoms with Crippen LogP contribution in [-0.4, -0.2) is 24.5 Å². The van der Waals surface area contributed by atoms with Crippen molar-refractivity contribution in [2.24, 2.45) is 0 Å². The molecule has 6 nitrogen and oxygen atoms in total. The fourth-order valence-corrected chi connectivity index (χ4v) is 4.15. The van der Waals surface area contributed by atoms with E-state index in [0.717, 1.165) is 43.6 Å². The van der Waals surface area contributed by atoms with Gasteiger partial charge in [-0.2, -0.15) is 0 Å². The highest BCUT2D eigenvalue weighted by molar-refractivity contribution is 7.17. The molecule has 1 N–H and O–H groups in total. The summed E-state index contributed by atoms with van der Waals surface area (Å²) in [5.74, 6) is 1.64. The summed E-state index contributed by atoms with van der Waals surface area (Å²) in [6.07, 6.45) is 8.78. The lowest BCUT2D eigenvalue weighted by Crippen LogP contribution is -2.03. The second kappa shape index (κ2) is 7.62. The summed E-state index contributed by atoms with van der Waals surface area (Å²) >= 11 is 7.64. The van der Waals surface area contributed by atoms with E-state index in [-0.39, 0.29) is 0 Å². The third kappa shape index (κ3) is 3.57. The van der Waals surface area contributed by atoms with E-state index < -0.39 is 0 Å². The van der Waals surface area contributed by atoms with Gasteiger partial charge in [-0.05, 0) is 29.3 Å². The molecule has 142 valence electrons. The maximum Gasteiger partial charge on any atom is 0.139 e. The molecular weight excluding hydrogens is 404 g/mol. The van der Waals surface area contributed by atoms with Gasteiger partial charge in [-0.25, -0.2) is 19.9 Å². The van der Waals surface area contributed by atoms with Gasteiger partial charge >= 0.3 is 0 Å². The number of halogens is 1. The number of pyridine rings is 1. The number of hydrogen-bond donors (Lipinski definition) is 1. The third-order valence-corrected chi connectivity index (χ3v) is 5.70. The molecule has 4 heterocycles. The van der Waals surface area contributed by atoms with Crippen LogP contribution >= 0.6 is 22.9 Å². The van der Waals surface area contributed by atoms with Crippen molar-refractivity contribution in [3.8, 4) is 16.9 Å². The van der Waals surface area contributed by atoms with Gasteiger partial charge in [0, 0.05) is 41.1 Å². The molecule has 0 aliphatic rings. The van der Waals surface area contributed by atoms with Gasteiger partial charge in [0.25, 0.3) is 0 Å². The smallest absolute Gasteiger partial charge is 0.139 e. The molecule has 0 fully saturated rings. The number of hydrogen-bond acceptors (Lipinski definition) is 6. The zero-order valence-electron chi connectivity index (χ0n) is 15.2. The average Bonchev–Trinajstić information content (AvgIpc) is 3.44. The van der Waals surface area contributed by atoms with Crippen LogP contribution in [0.4, 0.5) is 5.82 Å². The summed E-state index contributed by atoms with van der Waals surface area (Å²) in [7, 11) is 0. The Hall–Kier alpha value is -3.29. The van der Waals surface area contributed by atoms with Gasteiger partial charge in [-0.3, -0.25) is 4.57 Å². The fraction of sp³-hybridized carbons (Fsp3) is 0.0476. The van der Waals surface area contributed by atoms with E-state index >= 15 is 0 Å². The molecule has 0 aliphatic carbocycles. The number of anilines is 1. The highest BCUT2D eigenvalue weighted by Crippen LogP contribution is 2.36. The monoisotopic (exact) mass is 418 g/mol. The summed E-state index contributed by atoms with van der Waals surface area (Å²) in [5.41, 5.74) is 3.24. The molecule has 4 aromatic heterocycles. The molecule has 0 spiro atoms. The highest BCUT2D eigenvalue weighted by Gasteiger charge is 2.13. The molecular formula is C21H15ClN6S. The van der Waals surface area contributed by atoms with Gasteiger partial charge < -0.3 is 5.32 Å². The molecule has 0 atom stereocenters. The molecule has 0 unspecified atom stereocenters. The Bertz CT molecular complexity index is 1250. The van der Waals surface area contributed by atoms with Crippen molar-refractivity contribution in [1.29, 1.82) is 0 Å². The van der Waals surface area contributed by atoms with Crippen LogP contribution in [-0.2, 0) is 6.54 Å². The molecule has 5 aromatic rings. The second-order valence-corrected chi connectivity index (χ2v) is 7.70. The first-order valence-corrected chi connectivity index (χ1v) is 10.2. The van der Waals surface area contributed by atoms with E-state index in [2.05, 4.69) is 30.6 Å². The molecule has 0 aliphatic heterocycles. The molecule has 1 aromatic carbocycles. The summed E-state index contributed by atoms with van der Waals surface area (Å²) in [5, 5.41) is 7.28. The lowest BCUT2D eigenvalue weighted by molar-refractivity contribution is 0.977. The largest absolute Gasteiger partial charge is 0.365 e. The van der Waals surface area contributed by atoms with Crippen molar-refractivity contribution in [2.45, 2.75) is 6.54 Å². The maximum absolute atomic E-state index is 6.04. The standard InChI is InChI=1S/C21H15ClN6S/c22-16-4-2-15(3-5-16)17-11-29-21-19(17)20(26-12-27-21)25-10-14-1-6-18(24-9-14)28-8-7-23-13-28/h1-9,11-13H,10H2,(H,25,26,27). The minimum atomic E-state index is 0.610. The predicted octanol–water partition coefficient (Wildman–Crippen LogP) is 5.20. The maximum atomic E-state index is 6.04. The van der Waals surface area contributed by atoms with Crippen molar-refractivity contribution in [3.05, 3.63) is 83.6 Å². The Morgan fingerprint density at radius 2 is 1.93 bits per heavy atom. The number of thiophene rings is 1. The molecule has 5 rings (SSSR count). The number of benzene rings is 1. The van der Waals surface area contributed by atoms with Crippen LogP contribution in [0.25, 0.3) is 27.2 Å². The summed E-state index contributed by atoms with van der Waals surface area (Å²) < 4.78 is 1.87. The van der Waals surface area contributed by atoms with Gasteiger partial charge in [0.05, 0.1) is 5.39 Å². The van der Waals surface area contributed by atoms with Crippen LogP contribution < -0.4 is 5.32 Å². The van der Waals surface area contributed by atoms with Crippen LogP contribution in [0.15, 0.2) is 73.0 Å². The number of imidazole rings is 1. The third-order valence-electron chi connectivity index (χ3n) is 4.56. The van der Waals surface area contributed by atoms with Crippen LogP contribution in [0.5, 0.6) is 0 Å². The van der Waals surface area contributed by atoms with Gasteiger partial charge in [-0.1, -0.05) is 29.8 Å². The van der Waals surface area contributed by atoms with Crippen molar-refractivity contribution in [2.75, 3.05) is 5.32 Å². The number of nitrogens with zero attached hydrogens (tertiary/aromatic N) is 5. The van der Waals surface area contributed by atoms with Crippen LogP contribution in [0.2, 0.25) is 5.02 Å². The molecule has 8 heteroatoms. The van der Waals surface area contributed by atoms with E-state index in [0.29, 0.717) is 6.54 Å². The zero-order chi connectivity index (χ0) is 19.6. The number of rotatable bonds is 5. The lowest BCUT2D eigenvalue weighted by Gasteiger charge is -2.09. The van der Waals surface area contributed by atoms with Crippen LogP contribution in [0, 0.1) is 0 Å². The minimum Gasteiger partial charge on any atom is -0.365 e. The number of aromatic nitrogens is 5. The Labute approximate surface area is 175 Å². The fourth-order valence-electron chi connectivity index (χ4n) is 3.11. The Morgan fingerprint density at radius 1 is 1.03 bits per heavy atom. The van der Waals surface area contributed by atoms with Gasteiger partial charge in [0.2, 0.25) is 0 Å². The first-order chi connectivity index (χ1) is 14.3. The predicted molar refractivity (Wildman–Crippen MR) is 117 cm³/mol. The summed E-state index contributed by atoms with van der Waals surface area (Å²) in [6.45, 7) is 0.610. The lowest BCUT2D eigenvalue weighted by atomic mass is 10.1. The minimum absolute atomic E-state index is 0.610. The van der Waals surface area contributed by atoms with Crippen molar-refractivity contribution in [1.82, 2.24) is 24.5 Å². The van der Waals surface area contributed by atoms with E-state index in [1.165, 1.54) is 0 Å². The summed E-state index contributed by atoms with van der Waals surface area (Å²) in [6, 6.07) is 11.8. The van der Waals surface area contributed by atoms with Gasteiger partial charge in [0.1, 0.15) is 29.1 Å². The van der Waals surface area contributed by atoms with Gasteiger partial charge in [0.15, 0.2) is 0 Å². The quantitative estimate of drug-likeness (QED) is 0.424. The molecule has 29 heavy (non-hydrogen) atoms. The van der Waals surface area contributed by atoms with Crippen LogP contribution in [0.3, 0.4) is 0 Å². The van der Waals surface area contributed by atoms with E-state index in [9.17, 15) is 0 Å². The molecule has 0 radical (unpaired) electrons. The summed E-state index contributed by atoms with van der Waals surface area (Å²) in [4.78, 5) is 18.4. The average molecular weight is 419 g/mol. The Balaban J connectivity index is 1.42. The zero-order valence-corrected chi connectivity index (χ0v) is 16.7.